The van der Waals surface area contributed by atoms with Crippen LogP contribution in [0.3, 0.4) is 0 Å². The summed E-state index contributed by atoms with van der Waals surface area (Å²) >= 11 is 9.38. The molecule has 1 rings (SSSR count). The number of hydrogen-bond donors (Lipinski definition) is 1. The molecule has 3 nitrogen and oxygen atoms in total. The molecule has 0 aromatic heterocycles. The molecule has 0 radical (unpaired) electrons. The van der Waals surface area contributed by atoms with Crippen molar-refractivity contribution in [3.05, 3.63) is 0 Å². The maximum absolute atomic E-state index is 11.1. The van der Waals surface area contributed by atoms with Gasteiger partial charge < -0.3 is 30.2 Å². The normalized spacial score (nSPS) is 30.5. The number of hydrogen-bond acceptors (Lipinski definition) is 4. The fourth-order valence-electron chi connectivity index (χ4n) is 1.36. The largest absolute Gasteiger partial charge is 1.00 e. The van der Waals surface area contributed by atoms with E-state index in [0.717, 1.165) is 0 Å². The third-order valence-electron chi connectivity index (χ3n) is 1.91. The number of sulfone groups is 1. The zero-order chi connectivity index (χ0) is 9.41. The average Bonchev–Trinajstić information content (AvgIpc) is 2.03. The smallest absolute Gasteiger partial charge is 0.412 e. The Labute approximate surface area is 132 Å². The Hall–Kier alpha value is 1.70. The standard InChI is InChI=1S/C6H11NO2S3.K/c1-6(7-5(10)11)2-3-12(8,9)4-6;/h2-4H2,1H3,(H2,7,10,11);/q;+1/p-1. The number of thiocarbonyl (C=S) groups is 1. The number of rotatable bonds is 1. The third kappa shape index (κ3) is 4.83. The fraction of sp³-hybridized carbons (Fsp3) is 0.833. The summed E-state index contributed by atoms with van der Waals surface area (Å²) in [5, 5.41) is 2.84. The molecule has 0 bridgehead atoms. The molecule has 1 saturated heterocycles. The molecule has 7 heteroatoms. The van der Waals surface area contributed by atoms with Crippen molar-refractivity contribution < 1.29 is 59.8 Å². The minimum absolute atomic E-state index is 0. The van der Waals surface area contributed by atoms with E-state index >= 15 is 0 Å². The van der Waals surface area contributed by atoms with Crippen molar-refractivity contribution in [2.75, 3.05) is 11.5 Å². The van der Waals surface area contributed by atoms with Crippen LogP contribution in [0.4, 0.5) is 0 Å². The second kappa shape index (κ2) is 5.15. The molecule has 70 valence electrons. The summed E-state index contributed by atoms with van der Waals surface area (Å²) in [7, 11) is -2.87. The molecule has 1 unspecified atom stereocenters. The quantitative estimate of drug-likeness (QED) is 0.310. The molecule has 0 aromatic rings. The molecule has 0 saturated carbocycles. The van der Waals surface area contributed by atoms with Crippen molar-refractivity contribution in [3.63, 3.8) is 0 Å². The molecule has 1 fully saturated rings. The second-order valence-corrected chi connectivity index (χ2v) is 6.57. The summed E-state index contributed by atoms with van der Waals surface area (Å²) < 4.78 is 22.5. The average molecular weight is 263 g/mol. The summed E-state index contributed by atoms with van der Waals surface area (Å²) in [4.78, 5) is 0. The van der Waals surface area contributed by atoms with Crippen molar-refractivity contribution in [1.29, 1.82) is 0 Å². The van der Waals surface area contributed by atoms with E-state index in [9.17, 15) is 8.42 Å². The topological polar surface area (TPSA) is 46.2 Å². The first-order valence-corrected chi connectivity index (χ1v) is 6.16. The zero-order valence-corrected chi connectivity index (χ0v) is 13.2. The molecule has 1 aliphatic heterocycles. The second-order valence-electron chi connectivity index (χ2n) is 3.32. The van der Waals surface area contributed by atoms with Crippen LogP contribution in [0.5, 0.6) is 0 Å². The summed E-state index contributed by atoms with van der Waals surface area (Å²) in [6.45, 7) is 1.83. The predicted molar refractivity (Wildman–Crippen MR) is 54.8 cm³/mol. The van der Waals surface area contributed by atoms with Gasteiger partial charge in [0.25, 0.3) is 0 Å². The van der Waals surface area contributed by atoms with Crippen LogP contribution in [0.1, 0.15) is 13.3 Å². The molecule has 0 aromatic carbocycles. The Bertz CT molecular complexity index is 303. The minimum atomic E-state index is -2.87. The van der Waals surface area contributed by atoms with Crippen LogP contribution in [0.15, 0.2) is 0 Å². The zero-order valence-electron chi connectivity index (χ0n) is 7.66. The number of nitrogens with one attached hydrogen (secondary N) is 1. The Morgan fingerprint density at radius 2 is 2.15 bits per heavy atom. The van der Waals surface area contributed by atoms with E-state index in [0.29, 0.717) is 6.42 Å². The summed E-state index contributed by atoms with van der Waals surface area (Å²) in [6, 6.07) is 0. The van der Waals surface area contributed by atoms with Gasteiger partial charge in [-0.15, -0.1) is 0 Å². The molecule has 1 heterocycles. The Morgan fingerprint density at radius 3 is 2.46 bits per heavy atom. The van der Waals surface area contributed by atoms with Crippen molar-refractivity contribution in [3.8, 4) is 0 Å². The van der Waals surface area contributed by atoms with Crippen molar-refractivity contribution in [2.45, 2.75) is 18.9 Å². The van der Waals surface area contributed by atoms with E-state index in [1.807, 2.05) is 6.92 Å². The van der Waals surface area contributed by atoms with Crippen molar-refractivity contribution >= 4 is 39.0 Å². The first kappa shape index (κ1) is 14.7. The Kier molecular flexibility index (Phi) is 5.83. The van der Waals surface area contributed by atoms with Gasteiger partial charge in [-0.25, -0.2) is 8.42 Å². The fourth-order valence-corrected chi connectivity index (χ4v) is 3.94. The first-order chi connectivity index (χ1) is 5.33. The van der Waals surface area contributed by atoms with Crippen LogP contribution in [0, 0.1) is 0 Å². The Morgan fingerprint density at radius 1 is 1.62 bits per heavy atom. The van der Waals surface area contributed by atoms with Crippen LogP contribution >= 0.6 is 12.2 Å². The molecule has 13 heavy (non-hydrogen) atoms. The van der Waals surface area contributed by atoms with Crippen LogP contribution in [0.25, 0.3) is 0 Å². The van der Waals surface area contributed by atoms with Gasteiger partial charge in [0, 0.05) is 5.54 Å². The maximum atomic E-state index is 11.1. The predicted octanol–water partition coefficient (Wildman–Crippen LogP) is -3.01. The van der Waals surface area contributed by atoms with Gasteiger partial charge in [0.1, 0.15) is 0 Å². The SMILES string of the molecule is CC1(NC(=S)[S-])CCS(=O)(=O)C1.[K+]. The summed E-state index contributed by atoms with van der Waals surface area (Å²) in [5.41, 5.74) is -0.433. The first-order valence-electron chi connectivity index (χ1n) is 3.53. The molecule has 1 aliphatic rings. The van der Waals surface area contributed by atoms with Crippen LogP contribution < -0.4 is 56.7 Å². The van der Waals surface area contributed by atoms with Crippen molar-refractivity contribution in [2.24, 2.45) is 0 Å². The van der Waals surface area contributed by atoms with Gasteiger partial charge in [-0.2, -0.15) is 0 Å². The van der Waals surface area contributed by atoms with Crippen LogP contribution in [-0.2, 0) is 22.5 Å². The van der Waals surface area contributed by atoms with E-state index in [1.54, 1.807) is 0 Å². The molecule has 0 aliphatic carbocycles. The molecular weight excluding hydrogens is 253 g/mol. The van der Waals surface area contributed by atoms with Gasteiger partial charge in [0.05, 0.1) is 11.5 Å². The monoisotopic (exact) mass is 263 g/mol. The van der Waals surface area contributed by atoms with E-state index in [4.69, 9.17) is 0 Å². The van der Waals surface area contributed by atoms with Crippen LogP contribution in [-0.4, -0.2) is 29.8 Å². The van der Waals surface area contributed by atoms with E-state index in [-0.39, 0.29) is 67.2 Å². The van der Waals surface area contributed by atoms with Crippen molar-refractivity contribution in [1.82, 2.24) is 5.32 Å². The molecule has 1 N–H and O–H groups in total. The molecular formula is C6H10KNO2S3. The van der Waals surface area contributed by atoms with Gasteiger partial charge >= 0.3 is 51.4 Å². The van der Waals surface area contributed by atoms with Crippen LogP contribution in [0.2, 0.25) is 0 Å². The Balaban J connectivity index is 0.00000144. The molecule has 0 spiro atoms. The van der Waals surface area contributed by atoms with Gasteiger partial charge in [0.15, 0.2) is 9.84 Å². The molecule has 1 atom stereocenters. The summed E-state index contributed by atoms with van der Waals surface area (Å²) in [6.07, 6.45) is 0.589. The third-order valence-corrected chi connectivity index (χ3v) is 4.01. The van der Waals surface area contributed by atoms with Gasteiger partial charge in [-0.05, 0) is 13.3 Å². The van der Waals surface area contributed by atoms with Gasteiger partial charge in [0.2, 0.25) is 0 Å². The van der Waals surface area contributed by atoms with E-state index < -0.39 is 15.4 Å². The maximum Gasteiger partial charge on any atom is 1.00 e. The minimum Gasteiger partial charge on any atom is -0.412 e. The van der Waals surface area contributed by atoms with E-state index in [1.165, 1.54) is 0 Å². The van der Waals surface area contributed by atoms with Gasteiger partial charge in [-0.3, -0.25) is 0 Å². The molecule has 0 amide bonds. The van der Waals surface area contributed by atoms with Gasteiger partial charge in [-0.1, -0.05) is 4.32 Å². The van der Waals surface area contributed by atoms with E-state index in [2.05, 4.69) is 30.2 Å². The summed E-state index contributed by atoms with van der Waals surface area (Å²) in [5.74, 6) is 0.366.